The second-order valence-corrected chi connectivity index (χ2v) is 5.15. The Morgan fingerprint density at radius 2 is 2.30 bits per heavy atom. The van der Waals surface area contributed by atoms with Crippen molar-refractivity contribution in [3.05, 3.63) is 62.3 Å². The van der Waals surface area contributed by atoms with Crippen LogP contribution in [0.5, 0.6) is 0 Å². The van der Waals surface area contributed by atoms with Gasteiger partial charge in [0, 0.05) is 36.2 Å². The van der Waals surface area contributed by atoms with Gasteiger partial charge in [0.15, 0.2) is 0 Å². The number of aromatic nitrogens is 2. The third-order valence-electron chi connectivity index (χ3n) is 3.39. The lowest BCUT2D eigenvalue weighted by Crippen LogP contribution is -2.32. The third-order valence-corrected chi connectivity index (χ3v) is 3.74. The number of nitrogens with zero attached hydrogens (tertiary/aromatic N) is 2. The lowest BCUT2D eigenvalue weighted by molar-refractivity contribution is 0.543. The zero-order valence-electron chi connectivity index (χ0n) is 10.7. The number of halogens is 2. The van der Waals surface area contributed by atoms with Crippen LogP contribution in [0, 0.1) is 5.82 Å². The van der Waals surface area contributed by atoms with E-state index in [2.05, 4.69) is 10.4 Å². The van der Waals surface area contributed by atoms with Crippen LogP contribution in [0.4, 0.5) is 4.39 Å². The fraction of sp³-hybridized carbons (Fsp3) is 0.286. The van der Waals surface area contributed by atoms with E-state index in [9.17, 15) is 9.18 Å². The van der Waals surface area contributed by atoms with E-state index >= 15 is 0 Å². The van der Waals surface area contributed by atoms with Crippen LogP contribution in [-0.2, 0) is 19.5 Å². The number of nitrogens with one attached hydrogen (secondary N) is 1. The van der Waals surface area contributed by atoms with Crippen molar-refractivity contribution in [2.24, 2.45) is 0 Å². The van der Waals surface area contributed by atoms with Gasteiger partial charge in [-0.05, 0) is 17.7 Å². The predicted octanol–water partition coefficient (Wildman–Crippen LogP) is 1.73. The molecular formula is C14H13ClFN3O. The zero-order chi connectivity index (χ0) is 14.1. The Labute approximate surface area is 120 Å². The first-order valence-electron chi connectivity index (χ1n) is 6.38. The zero-order valence-corrected chi connectivity index (χ0v) is 11.5. The molecule has 2 aromatic rings. The highest BCUT2D eigenvalue weighted by Gasteiger charge is 2.14. The van der Waals surface area contributed by atoms with Crippen molar-refractivity contribution in [2.75, 3.05) is 6.54 Å². The maximum Gasteiger partial charge on any atom is 0.267 e. The smallest absolute Gasteiger partial charge is 0.267 e. The van der Waals surface area contributed by atoms with Crippen LogP contribution in [0.2, 0.25) is 5.02 Å². The first kappa shape index (κ1) is 13.3. The fourth-order valence-corrected chi connectivity index (χ4v) is 2.53. The molecule has 4 nitrogen and oxygen atoms in total. The lowest BCUT2D eigenvalue weighted by atomic mass is 10.1. The summed E-state index contributed by atoms with van der Waals surface area (Å²) >= 11 is 5.98. The summed E-state index contributed by atoms with van der Waals surface area (Å²) in [6, 6.07) is 6.03. The molecule has 0 atom stereocenters. The van der Waals surface area contributed by atoms with Crippen molar-refractivity contribution in [2.45, 2.75) is 19.5 Å². The van der Waals surface area contributed by atoms with Gasteiger partial charge in [-0.2, -0.15) is 5.10 Å². The van der Waals surface area contributed by atoms with Crippen LogP contribution >= 0.6 is 11.6 Å². The summed E-state index contributed by atoms with van der Waals surface area (Å²) < 4.78 is 15.0. The summed E-state index contributed by atoms with van der Waals surface area (Å²) in [6.45, 7) is 1.53. The highest BCUT2D eigenvalue weighted by Crippen LogP contribution is 2.19. The molecule has 1 N–H and O–H groups in total. The Hall–Kier alpha value is -1.72. The molecule has 1 aromatic heterocycles. The summed E-state index contributed by atoms with van der Waals surface area (Å²) in [5, 5.41) is 7.82. The highest BCUT2D eigenvalue weighted by molar-refractivity contribution is 6.31. The van der Waals surface area contributed by atoms with Crippen LogP contribution in [0.25, 0.3) is 0 Å². The van der Waals surface area contributed by atoms with Gasteiger partial charge in [0.1, 0.15) is 5.82 Å². The Bertz CT molecular complexity index is 694. The van der Waals surface area contributed by atoms with Crippen LogP contribution in [0.1, 0.15) is 16.8 Å². The molecule has 0 amide bonds. The minimum Gasteiger partial charge on any atom is -0.312 e. The third kappa shape index (κ3) is 2.46. The van der Waals surface area contributed by atoms with Gasteiger partial charge in [0.2, 0.25) is 0 Å². The normalized spacial score (nSPS) is 14.1. The minimum atomic E-state index is -0.425. The largest absolute Gasteiger partial charge is 0.312 e. The van der Waals surface area contributed by atoms with Crippen molar-refractivity contribution < 1.29 is 4.39 Å². The monoisotopic (exact) mass is 293 g/mol. The second-order valence-electron chi connectivity index (χ2n) is 4.74. The Balaban J connectivity index is 2.01. The molecule has 0 spiro atoms. The Kier molecular flexibility index (Phi) is 3.54. The van der Waals surface area contributed by atoms with Gasteiger partial charge in [-0.15, -0.1) is 0 Å². The summed E-state index contributed by atoms with van der Waals surface area (Å²) in [5.41, 5.74) is 1.84. The molecule has 0 aliphatic carbocycles. The van der Waals surface area contributed by atoms with Gasteiger partial charge in [0.05, 0.1) is 12.2 Å². The van der Waals surface area contributed by atoms with Crippen LogP contribution in [-0.4, -0.2) is 16.3 Å². The molecule has 1 aliphatic heterocycles. The number of rotatable bonds is 2. The molecule has 0 bridgehead atoms. The van der Waals surface area contributed by atoms with E-state index in [0.717, 1.165) is 24.2 Å². The molecule has 104 valence electrons. The molecule has 6 heteroatoms. The highest BCUT2D eigenvalue weighted by atomic mass is 35.5. The lowest BCUT2D eigenvalue weighted by Gasteiger charge is -2.17. The summed E-state index contributed by atoms with van der Waals surface area (Å²) in [4.78, 5) is 12.0. The van der Waals surface area contributed by atoms with Gasteiger partial charge in [-0.25, -0.2) is 9.07 Å². The minimum absolute atomic E-state index is 0.0467. The molecule has 0 saturated heterocycles. The van der Waals surface area contributed by atoms with Gasteiger partial charge in [0.25, 0.3) is 5.56 Å². The molecule has 3 rings (SSSR count). The van der Waals surface area contributed by atoms with E-state index in [1.54, 1.807) is 12.1 Å². The van der Waals surface area contributed by atoms with Crippen molar-refractivity contribution in [1.82, 2.24) is 15.1 Å². The molecule has 0 unspecified atom stereocenters. The van der Waals surface area contributed by atoms with E-state index in [-0.39, 0.29) is 17.7 Å². The molecule has 0 radical (unpaired) electrons. The van der Waals surface area contributed by atoms with Gasteiger partial charge < -0.3 is 5.32 Å². The van der Waals surface area contributed by atoms with Crippen LogP contribution in [0.3, 0.4) is 0 Å². The van der Waals surface area contributed by atoms with Crippen molar-refractivity contribution in [1.29, 1.82) is 0 Å². The standard InChI is InChI=1S/C14H13ClFN3O/c15-11-2-1-3-12(16)10(11)8-19-14(20)6-9-7-17-5-4-13(9)18-19/h1-3,6,17H,4-5,7-8H2. The number of hydrogen-bond acceptors (Lipinski definition) is 3. The molecule has 0 fully saturated rings. The van der Waals surface area contributed by atoms with E-state index < -0.39 is 5.82 Å². The summed E-state index contributed by atoms with van der Waals surface area (Å²) in [6.07, 6.45) is 0.765. The maximum absolute atomic E-state index is 13.8. The predicted molar refractivity (Wildman–Crippen MR) is 74.4 cm³/mol. The van der Waals surface area contributed by atoms with E-state index in [0.29, 0.717) is 11.6 Å². The maximum atomic E-state index is 13.8. The Morgan fingerprint density at radius 1 is 1.45 bits per heavy atom. The van der Waals surface area contributed by atoms with Crippen molar-refractivity contribution >= 4 is 11.6 Å². The average molecular weight is 294 g/mol. The Morgan fingerprint density at radius 3 is 3.10 bits per heavy atom. The molecule has 1 aliphatic rings. The first-order chi connectivity index (χ1) is 9.65. The first-order valence-corrected chi connectivity index (χ1v) is 6.76. The number of fused-ring (bicyclic) bond motifs is 1. The van der Waals surface area contributed by atoms with E-state index in [1.807, 2.05) is 0 Å². The molecular weight excluding hydrogens is 281 g/mol. The van der Waals surface area contributed by atoms with Gasteiger partial charge in [-0.1, -0.05) is 17.7 Å². The van der Waals surface area contributed by atoms with Crippen molar-refractivity contribution in [3.63, 3.8) is 0 Å². The SMILES string of the molecule is O=c1cc2c(nn1Cc1c(F)cccc1Cl)CCNC2. The fourth-order valence-electron chi connectivity index (χ4n) is 2.31. The topological polar surface area (TPSA) is 46.9 Å². The molecule has 1 aromatic carbocycles. The summed E-state index contributed by atoms with van der Waals surface area (Å²) in [7, 11) is 0. The molecule has 0 saturated carbocycles. The number of benzene rings is 1. The van der Waals surface area contributed by atoms with Gasteiger partial charge in [-0.3, -0.25) is 4.79 Å². The molecule has 20 heavy (non-hydrogen) atoms. The van der Waals surface area contributed by atoms with Crippen LogP contribution in [0.15, 0.2) is 29.1 Å². The van der Waals surface area contributed by atoms with Gasteiger partial charge >= 0.3 is 0 Å². The second kappa shape index (κ2) is 5.34. The van der Waals surface area contributed by atoms with E-state index in [4.69, 9.17) is 11.6 Å². The molecule has 2 heterocycles. The quantitative estimate of drug-likeness (QED) is 0.917. The van der Waals surface area contributed by atoms with Crippen molar-refractivity contribution in [3.8, 4) is 0 Å². The van der Waals surface area contributed by atoms with E-state index in [1.165, 1.54) is 16.8 Å². The number of hydrogen-bond donors (Lipinski definition) is 1. The average Bonchev–Trinajstić information content (AvgIpc) is 2.43. The van der Waals surface area contributed by atoms with Crippen LogP contribution < -0.4 is 10.9 Å². The summed E-state index contributed by atoms with van der Waals surface area (Å²) in [5.74, 6) is -0.425.